The van der Waals surface area contributed by atoms with Gasteiger partial charge in [0, 0.05) is 12.1 Å². The molecular formula is C12H12FN3O. The van der Waals surface area contributed by atoms with Gasteiger partial charge in [-0.15, -0.1) is 5.10 Å². The van der Waals surface area contributed by atoms with Crippen LogP contribution in [0.4, 0.5) is 4.39 Å². The Morgan fingerprint density at radius 2 is 2.29 bits per heavy atom. The second-order valence-corrected chi connectivity index (χ2v) is 3.68. The number of halogens is 1. The first kappa shape index (κ1) is 11.4. The van der Waals surface area contributed by atoms with Crippen LogP contribution in [-0.2, 0) is 6.54 Å². The van der Waals surface area contributed by atoms with Gasteiger partial charge in [0.25, 0.3) is 0 Å². The maximum Gasteiger partial charge on any atom is 0.212 e. The highest BCUT2D eigenvalue weighted by molar-refractivity contribution is 6.07. The summed E-state index contributed by atoms with van der Waals surface area (Å²) in [6, 6.07) is 5.61. The predicted molar refractivity (Wildman–Crippen MR) is 60.1 cm³/mol. The molecule has 1 aromatic carbocycles. The topological polar surface area (TPSA) is 47.8 Å². The lowest BCUT2D eigenvalue weighted by molar-refractivity contribution is 0.102. The Bertz CT molecular complexity index is 536. The van der Waals surface area contributed by atoms with Crippen molar-refractivity contribution in [3.8, 4) is 0 Å². The van der Waals surface area contributed by atoms with Gasteiger partial charge in [-0.05, 0) is 18.6 Å². The minimum absolute atomic E-state index is 0.261. The standard InChI is InChI=1S/C12H12FN3O/c1-2-6-16-11(8-14-15-16)12(17)9-4-3-5-10(13)7-9/h3-5,7-8H,2,6H2,1H3. The third kappa shape index (κ3) is 2.38. The van der Waals surface area contributed by atoms with Crippen molar-refractivity contribution >= 4 is 5.78 Å². The zero-order valence-electron chi connectivity index (χ0n) is 9.43. The molecule has 0 atom stereocenters. The quantitative estimate of drug-likeness (QED) is 0.759. The monoisotopic (exact) mass is 233 g/mol. The molecule has 2 rings (SSSR count). The Kier molecular flexibility index (Phi) is 3.27. The van der Waals surface area contributed by atoms with E-state index in [2.05, 4.69) is 10.3 Å². The molecule has 88 valence electrons. The molecule has 0 aliphatic heterocycles. The van der Waals surface area contributed by atoms with Crippen LogP contribution in [0.3, 0.4) is 0 Å². The Labute approximate surface area is 98.1 Å². The van der Waals surface area contributed by atoms with E-state index >= 15 is 0 Å². The number of aromatic nitrogens is 3. The largest absolute Gasteiger partial charge is 0.287 e. The number of carbonyl (C=O) groups excluding carboxylic acids is 1. The van der Waals surface area contributed by atoms with E-state index in [9.17, 15) is 9.18 Å². The van der Waals surface area contributed by atoms with Crippen LogP contribution in [0.5, 0.6) is 0 Å². The summed E-state index contributed by atoms with van der Waals surface area (Å²) in [4.78, 5) is 12.1. The first-order chi connectivity index (χ1) is 8.22. The summed E-state index contributed by atoms with van der Waals surface area (Å²) in [6.07, 6.45) is 2.26. The molecule has 0 saturated carbocycles. The molecule has 2 aromatic rings. The van der Waals surface area contributed by atoms with Gasteiger partial charge in [-0.3, -0.25) is 4.79 Å². The average Bonchev–Trinajstić information content (AvgIpc) is 2.77. The fourth-order valence-corrected chi connectivity index (χ4v) is 1.59. The van der Waals surface area contributed by atoms with E-state index in [0.717, 1.165) is 6.42 Å². The summed E-state index contributed by atoms with van der Waals surface area (Å²) in [7, 11) is 0. The molecule has 5 heteroatoms. The minimum Gasteiger partial charge on any atom is -0.287 e. The van der Waals surface area contributed by atoms with Crippen molar-refractivity contribution in [2.45, 2.75) is 19.9 Å². The third-order valence-electron chi connectivity index (χ3n) is 2.37. The van der Waals surface area contributed by atoms with Gasteiger partial charge in [0.2, 0.25) is 5.78 Å². The van der Waals surface area contributed by atoms with Crippen LogP contribution >= 0.6 is 0 Å². The van der Waals surface area contributed by atoms with Crippen molar-refractivity contribution in [2.75, 3.05) is 0 Å². The van der Waals surface area contributed by atoms with Crippen LogP contribution < -0.4 is 0 Å². The van der Waals surface area contributed by atoms with Crippen molar-refractivity contribution < 1.29 is 9.18 Å². The Morgan fingerprint density at radius 1 is 1.47 bits per heavy atom. The van der Waals surface area contributed by atoms with E-state index in [1.807, 2.05) is 6.92 Å². The molecule has 0 bridgehead atoms. The first-order valence-corrected chi connectivity index (χ1v) is 5.41. The van der Waals surface area contributed by atoms with E-state index in [4.69, 9.17) is 0 Å². The Balaban J connectivity index is 2.33. The SMILES string of the molecule is CCCn1nncc1C(=O)c1cccc(F)c1. The fraction of sp³-hybridized carbons (Fsp3) is 0.250. The maximum atomic E-state index is 13.0. The number of nitrogens with zero attached hydrogens (tertiary/aromatic N) is 3. The molecule has 0 unspecified atom stereocenters. The van der Waals surface area contributed by atoms with Crippen molar-refractivity contribution in [1.82, 2.24) is 15.0 Å². The summed E-state index contributed by atoms with van der Waals surface area (Å²) in [5, 5.41) is 7.54. The molecule has 17 heavy (non-hydrogen) atoms. The van der Waals surface area contributed by atoms with Crippen LogP contribution in [0.25, 0.3) is 0 Å². The lowest BCUT2D eigenvalue weighted by Crippen LogP contribution is -2.11. The molecule has 0 N–H and O–H groups in total. The molecule has 0 saturated heterocycles. The summed E-state index contributed by atoms with van der Waals surface area (Å²) >= 11 is 0. The molecule has 0 amide bonds. The first-order valence-electron chi connectivity index (χ1n) is 5.41. The summed E-state index contributed by atoms with van der Waals surface area (Å²) in [6.45, 7) is 2.61. The summed E-state index contributed by atoms with van der Waals surface area (Å²) in [5.41, 5.74) is 0.696. The third-order valence-corrected chi connectivity index (χ3v) is 2.37. The maximum absolute atomic E-state index is 13.0. The van der Waals surface area contributed by atoms with Gasteiger partial charge in [-0.25, -0.2) is 9.07 Å². The Morgan fingerprint density at radius 3 is 3.00 bits per heavy atom. The van der Waals surface area contributed by atoms with Gasteiger partial charge in [0.15, 0.2) is 0 Å². The number of aryl methyl sites for hydroxylation is 1. The molecule has 0 fully saturated rings. The van der Waals surface area contributed by atoms with Crippen molar-refractivity contribution in [3.63, 3.8) is 0 Å². The normalized spacial score (nSPS) is 10.5. The van der Waals surface area contributed by atoms with Gasteiger partial charge >= 0.3 is 0 Å². The highest BCUT2D eigenvalue weighted by Gasteiger charge is 2.15. The van der Waals surface area contributed by atoms with Crippen molar-refractivity contribution in [2.24, 2.45) is 0 Å². The van der Waals surface area contributed by atoms with E-state index in [1.165, 1.54) is 29.1 Å². The van der Waals surface area contributed by atoms with Crippen LogP contribution in [0.1, 0.15) is 29.4 Å². The zero-order chi connectivity index (χ0) is 12.3. The molecule has 4 nitrogen and oxygen atoms in total. The van der Waals surface area contributed by atoms with Gasteiger partial charge < -0.3 is 0 Å². The van der Waals surface area contributed by atoms with Gasteiger partial charge in [0.1, 0.15) is 11.5 Å². The number of ketones is 1. The predicted octanol–water partition coefficient (Wildman–Crippen LogP) is 2.06. The Hall–Kier alpha value is -2.04. The fourth-order valence-electron chi connectivity index (χ4n) is 1.59. The zero-order valence-corrected chi connectivity index (χ0v) is 9.43. The molecule has 0 aliphatic carbocycles. The van der Waals surface area contributed by atoms with Crippen LogP contribution in [0.2, 0.25) is 0 Å². The molecule has 0 aliphatic rings. The molecule has 0 spiro atoms. The van der Waals surface area contributed by atoms with Crippen molar-refractivity contribution in [1.29, 1.82) is 0 Å². The lowest BCUT2D eigenvalue weighted by Gasteiger charge is -2.03. The second kappa shape index (κ2) is 4.86. The summed E-state index contributed by atoms with van der Waals surface area (Å²) < 4.78 is 14.6. The summed E-state index contributed by atoms with van der Waals surface area (Å²) in [5.74, 6) is -0.687. The number of hydrogen-bond acceptors (Lipinski definition) is 3. The number of benzene rings is 1. The number of hydrogen-bond donors (Lipinski definition) is 0. The second-order valence-electron chi connectivity index (χ2n) is 3.68. The van der Waals surface area contributed by atoms with Gasteiger partial charge in [-0.1, -0.05) is 24.3 Å². The van der Waals surface area contributed by atoms with E-state index in [0.29, 0.717) is 17.8 Å². The molecule has 0 radical (unpaired) electrons. The van der Waals surface area contributed by atoms with Crippen LogP contribution in [0.15, 0.2) is 30.5 Å². The van der Waals surface area contributed by atoms with Gasteiger partial charge in [-0.2, -0.15) is 0 Å². The average molecular weight is 233 g/mol. The molecule has 1 heterocycles. The van der Waals surface area contributed by atoms with E-state index in [-0.39, 0.29) is 5.78 Å². The highest BCUT2D eigenvalue weighted by atomic mass is 19.1. The van der Waals surface area contributed by atoms with Crippen molar-refractivity contribution in [3.05, 3.63) is 47.5 Å². The molecule has 1 aromatic heterocycles. The number of carbonyl (C=O) groups is 1. The van der Waals surface area contributed by atoms with E-state index < -0.39 is 5.82 Å². The molecular weight excluding hydrogens is 221 g/mol. The minimum atomic E-state index is -0.426. The van der Waals surface area contributed by atoms with E-state index in [1.54, 1.807) is 6.07 Å². The number of rotatable bonds is 4. The van der Waals surface area contributed by atoms with Crippen LogP contribution in [-0.4, -0.2) is 20.8 Å². The smallest absolute Gasteiger partial charge is 0.212 e. The van der Waals surface area contributed by atoms with Crippen LogP contribution in [0, 0.1) is 5.82 Å². The lowest BCUT2D eigenvalue weighted by atomic mass is 10.1. The van der Waals surface area contributed by atoms with Gasteiger partial charge in [0.05, 0.1) is 6.20 Å². The highest BCUT2D eigenvalue weighted by Crippen LogP contribution is 2.10.